The molecule has 0 aliphatic carbocycles. The lowest BCUT2D eigenvalue weighted by atomic mass is 9.97. The Hall–Kier alpha value is -3.86. The fraction of sp³-hybridized carbons (Fsp3) is 0.0435. The summed E-state index contributed by atoms with van der Waals surface area (Å²) in [7, 11) is 1.49. The van der Waals surface area contributed by atoms with E-state index < -0.39 is 5.91 Å². The topological polar surface area (TPSA) is 70.9 Å². The first-order valence-corrected chi connectivity index (χ1v) is 8.78. The third-order valence-corrected chi connectivity index (χ3v) is 4.62. The summed E-state index contributed by atoms with van der Waals surface area (Å²) in [6, 6.07) is 22.7. The molecule has 0 saturated heterocycles. The van der Waals surface area contributed by atoms with Crippen LogP contribution >= 0.6 is 0 Å². The molecular weight excluding hydrogens is 352 g/mol. The number of methoxy groups -OCH3 is 1. The molecule has 28 heavy (non-hydrogen) atoms. The number of rotatable bonds is 4. The molecule has 4 aromatic rings. The number of carbonyl (C=O) groups excluding carboxylic acids is 1. The molecule has 4 rings (SSSR count). The molecule has 4 aromatic carbocycles. The van der Waals surface area contributed by atoms with Crippen molar-refractivity contribution in [2.24, 2.45) is 5.10 Å². The van der Waals surface area contributed by atoms with E-state index in [9.17, 15) is 9.90 Å². The van der Waals surface area contributed by atoms with Crippen LogP contribution in [0.5, 0.6) is 11.5 Å². The van der Waals surface area contributed by atoms with Gasteiger partial charge in [0.2, 0.25) is 0 Å². The Morgan fingerprint density at radius 2 is 1.61 bits per heavy atom. The predicted molar refractivity (Wildman–Crippen MR) is 111 cm³/mol. The van der Waals surface area contributed by atoms with Crippen LogP contribution in [0.25, 0.3) is 21.5 Å². The van der Waals surface area contributed by atoms with Gasteiger partial charge in [0.25, 0.3) is 5.91 Å². The second kappa shape index (κ2) is 7.40. The Morgan fingerprint density at radius 1 is 0.964 bits per heavy atom. The van der Waals surface area contributed by atoms with Crippen LogP contribution in [0.15, 0.2) is 77.9 Å². The predicted octanol–water partition coefficient (Wildman–Crippen LogP) is 4.47. The second-order valence-corrected chi connectivity index (χ2v) is 6.31. The molecule has 0 spiro atoms. The number of hydrogen-bond acceptors (Lipinski definition) is 4. The minimum absolute atomic E-state index is 0.126. The lowest BCUT2D eigenvalue weighted by Crippen LogP contribution is -2.17. The average molecular weight is 370 g/mol. The van der Waals surface area contributed by atoms with Crippen LogP contribution < -0.4 is 10.2 Å². The number of hydrazone groups is 1. The number of ether oxygens (including phenoxy) is 1. The van der Waals surface area contributed by atoms with Gasteiger partial charge in [0.1, 0.15) is 11.5 Å². The Labute approximate surface area is 161 Å². The summed E-state index contributed by atoms with van der Waals surface area (Å²) >= 11 is 0. The van der Waals surface area contributed by atoms with Crippen LogP contribution in [-0.2, 0) is 0 Å². The first kappa shape index (κ1) is 17.5. The van der Waals surface area contributed by atoms with E-state index >= 15 is 0 Å². The molecule has 1 amide bonds. The number of benzene rings is 4. The number of nitrogens with zero attached hydrogens (tertiary/aromatic N) is 1. The van der Waals surface area contributed by atoms with E-state index in [1.54, 1.807) is 12.3 Å². The molecule has 0 radical (unpaired) electrons. The number of nitrogens with one attached hydrogen (secondary N) is 1. The summed E-state index contributed by atoms with van der Waals surface area (Å²) in [4.78, 5) is 12.4. The van der Waals surface area contributed by atoms with Crippen molar-refractivity contribution in [3.8, 4) is 11.5 Å². The molecule has 0 aliphatic heterocycles. The number of amides is 1. The molecule has 138 valence electrons. The van der Waals surface area contributed by atoms with E-state index in [-0.39, 0.29) is 11.3 Å². The summed E-state index contributed by atoms with van der Waals surface area (Å²) in [6.45, 7) is 0. The molecule has 5 heteroatoms. The van der Waals surface area contributed by atoms with Gasteiger partial charge in [-0.25, -0.2) is 5.43 Å². The zero-order valence-electron chi connectivity index (χ0n) is 15.2. The maximum absolute atomic E-state index is 12.4. The van der Waals surface area contributed by atoms with Gasteiger partial charge in [0.15, 0.2) is 0 Å². The van der Waals surface area contributed by atoms with E-state index in [1.807, 2.05) is 48.5 Å². The van der Waals surface area contributed by atoms with Crippen molar-refractivity contribution in [3.05, 3.63) is 83.9 Å². The highest BCUT2D eigenvalue weighted by Gasteiger charge is 2.11. The lowest BCUT2D eigenvalue weighted by molar-refractivity contribution is 0.0952. The van der Waals surface area contributed by atoms with Gasteiger partial charge in [-0.2, -0.15) is 5.10 Å². The molecule has 0 atom stereocenters. The van der Waals surface area contributed by atoms with Gasteiger partial charge in [0.05, 0.1) is 18.9 Å². The van der Waals surface area contributed by atoms with Gasteiger partial charge < -0.3 is 9.84 Å². The molecule has 0 unspecified atom stereocenters. The van der Waals surface area contributed by atoms with Crippen LogP contribution in [0.1, 0.15) is 15.9 Å². The third-order valence-electron chi connectivity index (χ3n) is 4.62. The van der Waals surface area contributed by atoms with Gasteiger partial charge in [0, 0.05) is 11.6 Å². The summed E-state index contributed by atoms with van der Waals surface area (Å²) in [5.41, 5.74) is 3.53. The molecule has 0 fully saturated rings. The van der Waals surface area contributed by atoms with Crippen LogP contribution in [0.2, 0.25) is 0 Å². The Balaban J connectivity index is 1.67. The van der Waals surface area contributed by atoms with Crippen molar-refractivity contribution in [2.75, 3.05) is 7.11 Å². The molecule has 2 N–H and O–H groups in total. The van der Waals surface area contributed by atoms with E-state index in [2.05, 4.69) is 16.6 Å². The molecule has 5 nitrogen and oxygen atoms in total. The third kappa shape index (κ3) is 3.25. The average Bonchev–Trinajstić information content (AvgIpc) is 2.73. The summed E-state index contributed by atoms with van der Waals surface area (Å²) in [6.07, 6.45) is 1.64. The van der Waals surface area contributed by atoms with E-state index in [0.29, 0.717) is 5.75 Å². The van der Waals surface area contributed by atoms with Gasteiger partial charge in [-0.05, 0) is 39.7 Å². The second-order valence-electron chi connectivity index (χ2n) is 6.31. The quantitative estimate of drug-likeness (QED) is 0.316. The maximum Gasteiger partial charge on any atom is 0.275 e. The Morgan fingerprint density at radius 3 is 2.21 bits per heavy atom. The molecular formula is C23H18N2O3. The minimum atomic E-state index is -0.499. The largest absolute Gasteiger partial charge is 0.507 e. The Bertz CT molecular complexity index is 1160. The highest BCUT2D eigenvalue weighted by molar-refractivity contribution is 6.13. The summed E-state index contributed by atoms with van der Waals surface area (Å²) in [5.74, 6) is -0.191. The zero-order valence-corrected chi connectivity index (χ0v) is 15.2. The summed E-state index contributed by atoms with van der Waals surface area (Å²) < 4.78 is 5.03. The van der Waals surface area contributed by atoms with E-state index in [0.717, 1.165) is 27.1 Å². The first-order chi connectivity index (χ1) is 13.7. The molecule has 0 aromatic heterocycles. The highest BCUT2D eigenvalue weighted by Crippen LogP contribution is 2.27. The Kier molecular flexibility index (Phi) is 4.64. The van der Waals surface area contributed by atoms with Crippen LogP contribution in [-0.4, -0.2) is 24.3 Å². The molecule has 0 bridgehead atoms. The van der Waals surface area contributed by atoms with Crippen LogP contribution in [0, 0.1) is 0 Å². The highest BCUT2D eigenvalue weighted by atomic mass is 16.5. The van der Waals surface area contributed by atoms with Gasteiger partial charge in [-0.1, -0.05) is 48.5 Å². The van der Waals surface area contributed by atoms with Crippen molar-refractivity contribution < 1.29 is 14.6 Å². The SMILES string of the molecule is COc1ccc(C(=O)N/N=C\c2c3ccccc3cc3ccccc23)c(O)c1. The van der Waals surface area contributed by atoms with Gasteiger partial charge in [-0.15, -0.1) is 0 Å². The summed E-state index contributed by atoms with van der Waals surface area (Å²) in [5, 5.41) is 18.4. The van der Waals surface area contributed by atoms with E-state index in [1.165, 1.54) is 19.2 Å². The number of phenolic OH excluding ortho intramolecular Hbond substituents is 1. The van der Waals surface area contributed by atoms with Gasteiger partial charge in [-0.3, -0.25) is 4.79 Å². The maximum atomic E-state index is 12.4. The van der Waals surface area contributed by atoms with Crippen molar-refractivity contribution in [1.82, 2.24) is 5.43 Å². The number of fused-ring (bicyclic) bond motifs is 2. The van der Waals surface area contributed by atoms with E-state index in [4.69, 9.17) is 4.74 Å². The fourth-order valence-corrected chi connectivity index (χ4v) is 3.23. The lowest BCUT2D eigenvalue weighted by Gasteiger charge is -2.08. The number of hydrogen-bond donors (Lipinski definition) is 2. The standard InChI is InChI=1S/C23H18N2O3/c1-28-17-10-11-20(22(26)13-17)23(27)25-24-14-21-18-8-4-2-6-15(18)12-16-7-3-5-9-19(16)21/h2-14,26H,1H3,(H,25,27)/b24-14-. The van der Waals surface area contributed by atoms with Crippen LogP contribution in [0.3, 0.4) is 0 Å². The number of carbonyl (C=O) groups is 1. The monoisotopic (exact) mass is 370 g/mol. The van der Waals surface area contributed by atoms with Crippen molar-refractivity contribution in [1.29, 1.82) is 0 Å². The number of phenols is 1. The van der Waals surface area contributed by atoms with Crippen molar-refractivity contribution in [3.63, 3.8) is 0 Å². The van der Waals surface area contributed by atoms with Crippen molar-refractivity contribution in [2.45, 2.75) is 0 Å². The van der Waals surface area contributed by atoms with Crippen LogP contribution in [0.4, 0.5) is 0 Å². The minimum Gasteiger partial charge on any atom is -0.507 e. The first-order valence-electron chi connectivity index (χ1n) is 8.78. The molecule has 0 heterocycles. The van der Waals surface area contributed by atoms with Gasteiger partial charge >= 0.3 is 0 Å². The van der Waals surface area contributed by atoms with Crippen molar-refractivity contribution >= 4 is 33.7 Å². The fourth-order valence-electron chi connectivity index (χ4n) is 3.23. The zero-order chi connectivity index (χ0) is 19.5. The molecule has 0 aliphatic rings. The smallest absolute Gasteiger partial charge is 0.275 e. The molecule has 0 saturated carbocycles. The number of aromatic hydroxyl groups is 1. The normalized spacial score (nSPS) is 11.2.